The number of anilines is 1. The van der Waals surface area contributed by atoms with E-state index in [9.17, 15) is 15.2 Å². The van der Waals surface area contributed by atoms with Gasteiger partial charge in [-0.3, -0.25) is 10.1 Å². The molecule has 0 amide bonds. The summed E-state index contributed by atoms with van der Waals surface area (Å²) in [4.78, 5) is 10.9. The van der Waals surface area contributed by atoms with Crippen LogP contribution in [0.1, 0.15) is 16.7 Å². The number of pyridine rings is 1. The van der Waals surface area contributed by atoms with Crippen LogP contribution in [-0.4, -0.2) is 15.0 Å². The molecule has 0 saturated heterocycles. The number of rotatable bonds is 5. The minimum absolute atomic E-state index is 0.111. The summed E-state index contributed by atoms with van der Waals surface area (Å²) in [5.41, 5.74) is 3.40. The lowest BCUT2D eigenvalue weighted by atomic mass is 10.1. The minimum atomic E-state index is -0.501. The van der Waals surface area contributed by atoms with Crippen molar-refractivity contribution in [3.8, 4) is 0 Å². The maximum absolute atomic E-state index is 11.1. The van der Waals surface area contributed by atoms with E-state index in [0.717, 1.165) is 16.8 Å². The molecule has 0 unspecified atom stereocenters. The van der Waals surface area contributed by atoms with Gasteiger partial charge in [-0.25, -0.2) is 0 Å². The molecule has 0 saturated carbocycles. The molecule has 3 aromatic rings. The summed E-state index contributed by atoms with van der Waals surface area (Å²) in [6.07, 6.45) is 3.50. The fraction of sp³-hybridized carbons (Fsp3) is 0.0909. The second kappa shape index (κ2) is 8.62. The van der Waals surface area contributed by atoms with Gasteiger partial charge in [0.1, 0.15) is 0 Å². The summed E-state index contributed by atoms with van der Waals surface area (Å²) in [6.45, 7) is 3.94. The number of benzene rings is 2. The molecule has 0 radical (unpaired) electrons. The highest BCUT2D eigenvalue weighted by molar-refractivity contribution is 7.81. The van der Waals surface area contributed by atoms with Crippen LogP contribution in [0.5, 0.6) is 0 Å². The number of thiocarbonyl (C=S) groups is 1. The van der Waals surface area contributed by atoms with Gasteiger partial charge in [0.05, 0.1) is 4.92 Å². The molecular formula is C22H20N3O3S+. The number of nitrogens with zero attached hydrogens (tertiary/aromatic N) is 2. The van der Waals surface area contributed by atoms with Crippen molar-refractivity contribution in [3.63, 3.8) is 0 Å². The quantitative estimate of drug-likeness (QED) is 0.159. The molecule has 146 valence electrons. The molecule has 3 rings (SSSR count). The molecular weight excluding hydrogens is 386 g/mol. The van der Waals surface area contributed by atoms with E-state index >= 15 is 0 Å². The SMILES string of the molecule is Cc1cccc(C)c1NC(=S)C(=C(O)c1cccc([N+](=O)[O-])c1)[n+]1ccccc1. The molecule has 0 aliphatic carbocycles. The number of nitro groups is 1. The molecule has 0 fully saturated rings. The minimum Gasteiger partial charge on any atom is -0.502 e. The van der Waals surface area contributed by atoms with E-state index in [1.54, 1.807) is 23.0 Å². The maximum atomic E-state index is 11.1. The first-order valence-electron chi connectivity index (χ1n) is 8.91. The summed E-state index contributed by atoms with van der Waals surface area (Å²) in [7, 11) is 0. The molecule has 2 N–H and O–H groups in total. The van der Waals surface area contributed by atoms with E-state index in [0.29, 0.717) is 16.2 Å². The standard InChI is InChI=1S/C22H19N3O3S/c1-15-8-6-9-16(2)19(15)23-22(29)20(24-12-4-3-5-13-24)21(26)17-10-7-11-18(14-17)25(27)28/h3-14H,1-2H3,(H-,23,26,29)/p+1. The molecule has 2 aromatic carbocycles. The summed E-state index contributed by atoms with van der Waals surface area (Å²) >= 11 is 5.64. The number of aryl methyl sites for hydroxylation is 2. The molecule has 0 aliphatic rings. The number of nitrogens with one attached hydrogen (secondary N) is 1. The fourth-order valence-electron chi connectivity index (χ4n) is 2.98. The Hall–Kier alpha value is -3.58. The van der Waals surface area contributed by atoms with Crippen molar-refractivity contribution in [2.24, 2.45) is 0 Å². The third-order valence-electron chi connectivity index (χ3n) is 4.46. The Bertz CT molecular complexity index is 1090. The molecule has 1 heterocycles. The van der Waals surface area contributed by atoms with Gasteiger partial charge in [-0.2, -0.15) is 4.57 Å². The number of hydrogen-bond donors (Lipinski definition) is 2. The van der Waals surface area contributed by atoms with Gasteiger partial charge in [0, 0.05) is 35.5 Å². The van der Waals surface area contributed by atoms with Gasteiger partial charge in [0.15, 0.2) is 23.1 Å². The topological polar surface area (TPSA) is 79.3 Å². The van der Waals surface area contributed by atoms with Crippen molar-refractivity contribution < 1.29 is 14.6 Å². The monoisotopic (exact) mass is 406 g/mol. The third kappa shape index (κ3) is 4.47. The maximum Gasteiger partial charge on any atom is 0.288 e. The van der Waals surface area contributed by atoms with Crippen molar-refractivity contribution in [1.82, 2.24) is 0 Å². The number of aliphatic hydroxyl groups excluding tert-OH is 1. The van der Waals surface area contributed by atoms with Gasteiger partial charge in [-0.15, -0.1) is 0 Å². The highest BCUT2D eigenvalue weighted by Crippen LogP contribution is 2.25. The van der Waals surface area contributed by atoms with E-state index in [2.05, 4.69) is 5.32 Å². The molecule has 6 nitrogen and oxygen atoms in total. The Kier molecular flexibility index (Phi) is 5.99. The van der Waals surface area contributed by atoms with Gasteiger partial charge >= 0.3 is 0 Å². The predicted octanol–water partition coefficient (Wildman–Crippen LogP) is 4.82. The molecule has 7 heteroatoms. The number of para-hydroxylation sites is 1. The van der Waals surface area contributed by atoms with Crippen molar-refractivity contribution in [2.75, 3.05) is 5.32 Å². The zero-order valence-electron chi connectivity index (χ0n) is 16.0. The zero-order valence-corrected chi connectivity index (χ0v) is 16.8. The van der Waals surface area contributed by atoms with Crippen LogP contribution >= 0.6 is 12.2 Å². The number of hydrogen-bond acceptors (Lipinski definition) is 4. The van der Waals surface area contributed by atoms with Crippen LogP contribution in [0.25, 0.3) is 11.5 Å². The Balaban J connectivity index is 2.12. The average Bonchev–Trinajstić information content (AvgIpc) is 2.72. The fourth-order valence-corrected chi connectivity index (χ4v) is 3.29. The van der Waals surface area contributed by atoms with Crippen LogP contribution in [0.4, 0.5) is 11.4 Å². The number of aromatic nitrogens is 1. The summed E-state index contributed by atoms with van der Waals surface area (Å²) in [6, 6.07) is 17.2. The number of aliphatic hydroxyl groups is 1. The lowest BCUT2D eigenvalue weighted by Gasteiger charge is -2.14. The van der Waals surface area contributed by atoms with E-state index < -0.39 is 4.92 Å². The summed E-state index contributed by atoms with van der Waals surface area (Å²) in [5.74, 6) is -0.159. The molecule has 1 aromatic heterocycles. The number of non-ortho nitro benzene ring substituents is 1. The van der Waals surface area contributed by atoms with Crippen LogP contribution in [0, 0.1) is 24.0 Å². The van der Waals surface area contributed by atoms with Gasteiger partial charge in [0.25, 0.3) is 11.4 Å². The largest absolute Gasteiger partial charge is 0.502 e. The molecule has 0 atom stereocenters. The number of nitro benzene ring substituents is 1. The highest BCUT2D eigenvalue weighted by atomic mass is 32.1. The summed E-state index contributed by atoms with van der Waals surface area (Å²) in [5, 5.41) is 25.4. The smallest absolute Gasteiger partial charge is 0.288 e. The van der Waals surface area contributed by atoms with Crippen molar-refractivity contribution in [1.29, 1.82) is 0 Å². The van der Waals surface area contributed by atoms with Crippen LogP contribution in [-0.2, 0) is 0 Å². The Labute approximate surface area is 173 Å². The van der Waals surface area contributed by atoms with Gasteiger partial charge in [0.2, 0.25) is 0 Å². The first kappa shape index (κ1) is 20.2. The predicted molar refractivity (Wildman–Crippen MR) is 118 cm³/mol. The Morgan fingerprint density at radius 3 is 2.28 bits per heavy atom. The van der Waals surface area contributed by atoms with E-state index in [1.165, 1.54) is 18.2 Å². The van der Waals surface area contributed by atoms with Crippen LogP contribution < -0.4 is 9.88 Å². The lowest BCUT2D eigenvalue weighted by molar-refractivity contribution is -0.575. The lowest BCUT2D eigenvalue weighted by Crippen LogP contribution is -2.38. The van der Waals surface area contributed by atoms with E-state index in [4.69, 9.17) is 12.2 Å². The molecule has 0 aliphatic heterocycles. The van der Waals surface area contributed by atoms with Crippen molar-refractivity contribution in [2.45, 2.75) is 13.8 Å². The van der Waals surface area contributed by atoms with Crippen molar-refractivity contribution >= 4 is 40.0 Å². The second-order valence-electron chi connectivity index (χ2n) is 6.51. The summed E-state index contributed by atoms with van der Waals surface area (Å²) < 4.78 is 1.68. The van der Waals surface area contributed by atoms with Gasteiger partial charge < -0.3 is 10.4 Å². The average molecular weight is 406 g/mol. The van der Waals surface area contributed by atoms with Crippen LogP contribution in [0.3, 0.4) is 0 Å². The highest BCUT2D eigenvalue weighted by Gasteiger charge is 2.25. The van der Waals surface area contributed by atoms with E-state index in [-0.39, 0.29) is 11.4 Å². The Morgan fingerprint density at radius 2 is 1.66 bits per heavy atom. The van der Waals surface area contributed by atoms with Gasteiger partial charge in [-0.1, -0.05) is 48.6 Å². The first-order valence-corrected chi connectivity index (χ1v) is 9.31. The van der Waals surface area contributed by atoms with Gasteiger partial charge in [-0.05, 0) is 25.0 Å². The normalized spacial score (nSPS) is 11.5. The second-order valence-corrected chi connectivity index (χ2v) is 6.92. The molecule has 0 bridgehead atoms. The third-order valence-corrected chi connectivity index (χ3v) is 4.76. The van der Waals surface area contributed by atoms with Crippen LogP contribution in [0.2, 0.25) is 0 Å². The first-order chi connectivity index (χ1) is 13.9. The Morgan fingerprint density at radius 1 is 1.03 bits per heavy atom. The van der Waals surface area contributed by atoms with E-state index in [1.807, 2.05) is 50.2 Å². The molecule has 29 heavy (non-hydrogen) atoms. The van der Waals surface area contributed by atoms with Crippen LogP contribution in [0.15, 0.2) is 73.1 Å². The molecule has 0 spiro atoms. The zero-order chi connectivity index (χ0) is 21.0. The van der Waals surface area contributed by atoms with Crippen molar-refractivity contribution in [3.05, 3.63) is 99.9 Å².